The van der Waals surface area contributed by atoms with Crippen LogP contribution in [0.2, 0.25) is 0 Å². The molecule has 0 amide bonds. The van der Waals surface area contributed by atoms with Gasteiger partial charge in [0.1, 0.15) is 12.3 Å². The lowest BCUT2D eigenvalue weighted by molar-refractivity contribution is -0.139. The number of aromatic amines is 1. The number of aliphatic hydroxyl groups excluding tert-OH is 2. The monoisotopic (exact) mass is 300 g/mol. The maximum absolute atomic E-state index is 11.8. The highest BCUT2D eigenvalue weighted by atomic mass is 16.5. The molecule has 1 aliphatic heterocycles. The summed E-state index contributed by atoms with van der Waals surface area (Å²) >= 11 is 0. The van der Waals surface area contributed by atoms with Crippen LogP contribution in [0.4, 0.5) is 0 Å². The smallest absolute Gasteiger partial charge is 0.330 e. The fourth-order valence-corrected chi connectivity index (χ4v) is 2.14. The molecule has 3 unspecified atom stereocenters. The molecular weight excluding hydrogens is 284 g/mol. The van der Waals surface area contributed by atoms with E-state index < -0.39 is 35.7 Å². The van der Waals surface area contributed by atoms with Crippen molar-refractivity contribution < 1.29 is 24.5 Å². The molecule has 0 radical (unpaired) electrons. The highest BCUT2D eigenvalue weighted by molar-refractivity contribution is 5.72. The molecule has 1 aliphatic rings. The van der Waals surface area contributed by atoms with Gasteiger partial charge in [0.25, 0.3) is 5.56 Å². The normalized spacial score (nSPS) is 25.0. The summed E-state index contributed by atoms with van der Waals surface area (Å²) in [6.45, 7) is -0.384. The van der Waals surface area contributed by atoms with Gasteiger partial charge in [-0.2, -0.15) is 0 Å². The number of nitrogens with one attached hydrogen (secondary N) is 1. The van der Waals surface area contributed by atoms with Crippen LogP contribution >= 0.6 is 0 Å². The number of hydrogen-bond donors (Lipinski definition) is 3. The minimum absolute atomic E-state index is 0.0481. The molecular formula is C12H16N2O7. The third-order valence-electron chi connectivity index (χ3n) is 3.30. The Morgan fingerprint density at radius 1 is 1.57 bits per heavy atom. The number of carbonyl (C=O) groups excluding carboxylic acids is 1. The molecule has 0 aliphatic carbocycles. The van der Waals surface area contributed by atoms with E-state index in [1.807, 2.05) is 0 Å². The lowest BCUT2D eigenvalue weighted by Gasteiger charge is -2.15. The maximum atomic E-state index is 11.8. The molecule has 3 atom stereocenters. The van der Waals surface area contributed by atoms with Gasteiger partial charge in [-0.25, -0.2) is 4.79 Å². The fraction of sp³-hybridized carbons (Fsp3) is 0.583. The predicted molar refractivity (Wildman–Crippen MR) is 68.7 cm³/mol. The van der Waals surface area contributed by atoms with Gasteiger partial charge in [0.05, 0.1) is 26.2 Å². The number of aromatic nitrogens is 2. The Hall–Kier alpha value is -1.97. The second-order valence-corrected chi connectivity index (χ2v) is 4.69. The van der Waals surface area contributed by atoms with Crippen molar-refractivity contribution in [2.75, 3.05) is 13.7 Å². The van der Waals surface area contributed by atoms with E-state index in [-0.39, 0.29) is 25.0 Å². The fourth-order valence-electron chi connectivity index (χ4n) is 2.14. The van der Waals surface area contributed by atoms with Crippen molar-refractivity contribution in [1.29, 1.82) is 0 Å². The Bertz CT molecular complexity index is 635. The summed E-state index contributed by atoms with van der Waals surface area (Å²) in [6, 6.07) is 0. The number of methoxy groups -OCH3 is 1. The highest BCUT2D eigenvalue weighted by Gasteiger charge is 2.35. The van der Waals surface area contributed by atoms with Gasteiger partial charge in [0, 0.05) is 18.2 Å². The number of H-pyrrole nitrogens is 1. The molecule has 116 valence electrons. The molecule has 2 heterocycles. The lowest BCUT2D eigenvalue weighted by atomic mass is 10.2. The number of ether oxygens (including phenoxy) is 2. The number of rotatable bonds is 4. The molecule has 1 fully saturated rings. The Balaban J connectivity index is 2.32. The van der Waals surface area contributed by atoms with Crippen LogP contribution in [0.3, 0.4) is 0 Å². The van der Waals surface area contributed by atoms with Crippen molar-refractivity contribution in [3.05, 3.63) is 32.6 Å². The van der Waals surface area contributed by atoms with Crippen molar-refractivity contribution in [2.45, 2.75) is 31.3 Å². The molecule has 1 aromatic heterocycles. The van der Waals surface area contributed by atoms with Gasteiger partial charge in [-0.05, 0) is 0 Å². The second kappa shape index (κ2) is 6.20. The van der Waals surface area contributed by atoms with Gasteiger partial charge >= 0.3 is 11.7 Å². The lowest BCUT2D eigenvalue weighted by Crippen LogP contribution is -2.35. The molecule has 9 nitrogen and oxygen atoms in total. The zero-order chi connectivity index (χ0) is 15.6. The molecule has 0 saturated carbocycles. The Morgan fingerprint density at radius 3 is 2.86 bits per heavy atom. The standard InChI is InChI=1S/C12H16N2O7/c1-20-10(17)2-6-4-14(12(19)13-11(6)18)9-3-7(16)8(5-15)21-9/h4,7-9,15-16H,2-3,5H2,1H3,(H,13,18,19). The summed E-state index contributed by atoms with van der Waals surface area (Å²) < 4.78 is 10.9. The van der Waals surface area contributed by atoms with Crippen LogP contribution < -0.4 is 11.2 Å². The van der Waals surface area contributed by atoms with Crippen molar-refractivity contribution in [3.63, 3.8) is 0 Å². The van der Waals surface area contributed by atoms with E-state index in [4.69, 9.17) is 9.84 Å². The molecule has 0 aromatic carbocycles. The van der Waals surface area contributed by atoms with E-state index in [0.717, 1.165) is 4.57 Å². The number of aliphatic hydroxyl groups is 2. The van der Waals surface area contributed by atoms with Crippen molar-refractivity contribution in [2.24, 2.45) is 0 Å². The van der Waals surface area contributed by atoms with Crippen LogP contribution in [0.15, 0.2) is 15.8 Å². The van der Waals surface area contributed by atoms with Crippen LogP contribution in [-0.4, -0.2) is 51.7 Å². The molecule has 9 heteroatoms. The van der Waals surface area contributed by atoms with E-state index in [1.165, 1.54) is 13.3 Å². The third-order valence-corrected chi connectivity index (χ3v) is 3.30. The first-order valence-electron chi connectivity index (χ1n) is 6.31. The van der Waals surface area contributed by atoms with Crippen LogP contribution in [0, 0.1) is 0 Å². The zero-order valence-corrected chi connectivity index (χ0v) is 11.3. The van der Waals surface area contributed by atoms with E-state index >= 15 is 0 Å². The Kier molecular flexibility index (Phi) is 4.56. The van der Waals surface area contributed by atoms with Crippen LogP contribution in [0.1, 0.15) is 18.2 Å². The molecule has 0 bridgehead atoms. The number of nitrogens with zero attached hydrogens (tertiary/aromatic N) is 1. The summed E-state index contributed by atoms with van der Waals surface area (Å²) in [5.74, 6) is -0.619. The average Bonchev–Trinajstić information content (AvgIpc) is 2.82. The minimum Gasteiger partial charge on any atom is -0.469 e. The largest absolute Gasteiger partial charge is 0.469 e. The van der Waals surface area contributed by atoms with E-state index in [2.05, 4.69) is 9.72 Å². The molecule has 1 saturated heterocycles. The van der Waals surface area contributed by atoms with Gasteiger partial charge in [-0.1, -0.05) is 0 Å². The molecule has 3 N–H and O–H groups in total. The SMILES string of the molecule is COC(=O)Cc1cn(C2CC(O)C(CO)O2)c(=O)[nH]c1=O. The Morgan fingerprint density at radius 2 is 2.29 bits per heavy atom. The second-order valence-electron chi connectivity index (χ2n) is 4.69. The van der Waals surface area contributed by atoms with Crippen molar-refractivity contribution in [3.8, 4) is 0 Å². The summed E-state index contributed by atoms with van der Waals surface area (Å²) in [6.07, 6.45) is -1.52. The quantitative estimate of drug-likeness (QED) is 0.542. The third kappa shape index (κ3) is 3.20. The number of esters is 1. The molecule has 21 heavy (non-hydrogen) atoms. The zero-order valence-electron chi connectivity index (χ0n) is 11.3. The van der Waals surface area contributed by atoms with E-state index in [1.54, 1.807) is 0 Å². The minimum atomic E-state index is -0.914. The van der Waals surface area contributed by atoms with Crippen molar-refractivity contribution in [1.82, 2.24) is 9.55 Å². The van der Waals surface area contributed by atoms with E-state index in [0.29, 0.717) is 0 Å². The van der Waals surface area contributed by atoms with Gasteiger partial charge in [-0.3, -0.25) is 19.1 Å². The Labute approximate surface area is 118 Å². The maximum Gasteiger partial charge on any atom is 0.330 e. The van der Waals surface area contributed by atoms with Crippen LogP contribution in [-0.2, 0) is 20.7 Å². The first kappa shape index (κ1) is 15.4. The topological polar surface area (TPSA) is 131 Å². The first-order chi connectivity index (χ1) is 9.96. The molecule has 0 spiro atoms. The van der Waals surface area contributed by atoms with Crippen LogP contribution in [0.25, 0.3) is 0 Å². The van der Waals surface area contributed by atoms with Gasteiger partial charge < -0.3 is 19.7 Å². The summed E-state index contributed by atoms with van der Waals surface area (Å²) in [5, 5.41) is 18.7. The summed E-state index contributed by atoms with van der Waals surface area (Å²) in [5.41, 5.74) is -1.35. The average molecular weight is 300 g/mol. The molecule has 2 rings (SSSR count). The summed E-state index contributed by atoms with van der Waals surface area (Å²) in [4.78, 5) is 36.8. The molecule has 1 aromatic rings. The first-order valence-corrected chi connectivity index (χ1v) is 6.31. The van der Waals surface area contributed by atoms with Crippen molar-refractivity contribution >= 4 is 5.97 Å². The van der Waals surface area contributed by atoms with Crippen LogP contribution in [0.5, 0.6) is 0 Å². The van der Waals surface area contributed by atoms with Gasteiger partial charge in [0.2, 0.25) is 0 Å². The van der Waals surface area contributed by atoms with Gasteiger partial charge in [0.15, 0.2) is 0 Å². The highest BCUT2D eigenvalue weighted by Crippen LogP contribution is 2.27. The number of hydrogen-bond acceptors (Lipinski definition) is 7. The number of carbonyl (C=O) groups is 1. The summed E-state index contributed by atoms with van der Waals surface area (Å²) in [7, 11) is 1.19. The van der Waals surface area contributed by atoms with E-state index in [9.17, 15) is 19.5 Å². The predicted octanol–water partition coefficient (Wildman–Crippen LogP) is -2.11. The van der Waals surface area contributed by atoms with Gasteiger partial charge in [-0.15, -0.1) is 0 Å².